The molecule has 0 atom stereocenters. The van der Waals surface area contributed by atoms with Crippen LogP contribution in [0.4, 0.5) is 0 Å². The Morgan fingerprint density at radius 2 is 2.00 bits per heavy atom. The molecule has 3 nitrogen and oxygen atoms in total. The highest BCUT2D eigenvalue weighted by Crippen LogP contribution is 2.27. The van der Waals surface area contributed by atoms with Crippen LogP contribution < -0.4 is 11.1 Å². The molecule has 3 N–H and O–H groups in total. The molecule has 0 aliphatic carbocycles. The van der Waals surface area contributed by atoms with Crippen molar-refractivity contribution in [2.45, 2.75) is 44.4 Å². The minimum Gasteiger partial charge on any atom is -0.356 e. The Kier molecular flexibility index (Phi) is 9.13. The van der Waals surface area contributed by atoms with Gasteiger partial charge in [0.15, 0.2) is 0 Å². The summed E-state index contributed by atoms with van der Waals surface area (Å²) < 4.78 is 1.15. The monoisotopic (exact) mass is 386 g/mol. The number of hydrogen-bond donors (Lipinski definition) is 2. The van der Waals surface area contributed by atoms with Crippen molar-refractivity contribution in [2.24, 2.45) is 11.1 Å². The molecule has 0 heterocycles. The highest BCUT2D eigenvalue weighted by Gasteiger charge is 2.16. The van der Waals surface area contributed by atoms with Crippen LogP contribution in [0.1, 0.15) is 39.5 Å². The first kappa shape index (κ1) is 19.5. The van der Waals surface area contributed by atoms with Crippen LogP contribution in [0.5, 0.6) is 0 Å². The standard InChI is InChI=1S/C17H27BrN2OS/c1-17(2,12-19)13-20-16(21)10-4-3-7-11-22-15-9-6-5-8-14(15)18/h5-6,8-9H,3-4,7,10-13,19H2,1-2H3,(H,20,21). The van der Waals surface area contributed by atoms with Gasteiger partial charge in [-0.1, -0.05) is 32.4 Å². The first-order valence-corrected chi connectivity index (χ1v) is 9.56. The number of rotatable bonds is 10. The quantitative estimate of drug-likeness (QED) is 0.467. The summed E-state index contributed by atoms with van der Waals surface area (Å²) in [6.45, 7) is 5.36. The largest absolute Gasteiger partial charge is 0.356 e. The van der Waals surface area contributed by atoms with Gasteiger partial charge in [0.05, 0.1) is 0 Å². The summed E-state index contributed by atoms with van der Waals surface area (Å²) in [4.78, 5) is 13.0. The molecule has 1 rings (SSSR count). The summed E-state index contributed by atoms with van der Waals surface area (Å²) in [7, 11) is 0. The zero-order chi connectivity index (χ0) is 16.4. The number of carbonyl (C=O) groups excluding carboxylic acids is 1. The van der Waals surface area contributed by atoms with Gasteiger partial charge in [0.2, 0.25) is 5.91 Å². The van der Waals surface area contributed by atoms with E-state index in [0.29, 0.717) is 19.5 Å². The highest BCUT2D eigenvalue weighted by atomic mass is 79.9. The summed E-state index contributed by atoms with van der Waals surface area (Å²) in [6, 6.07) is 8.27. The Hall–Kier alpha value is -0.520. The number of carbonyl (C=O) groups is 1. The SMILES string of the molecule is CC(C)(CN)CNC(=O)CCCCCSc1ccccc1Br. The van der Waals surface area contributed by atoms with E-state index in [9.17, 15) is 4.79 Å². The van der Waals surface area contributed by atoms with E-state index in [-0.39, 0.29) is 11.3 Å². The second-order valence-corrected chi connectivity index (χ2v) is 8.23. The lowest BCUT2D eigenvalue weighted by molar-refractivity contribution is -0.121. The van der Waals surface area contributed by atoms with E-state index in [4.69, 9.17) is 5.73 Å². The van der Waals surface area contributed by atoms with Gasteiger partial charge in [-0.25, -0.2) is 0 Å². The van der Waals surface area contributed by atoms with Crippen molar-refractivity contribution < 1.29 is 4.79 Å². The summed E-state index contributed by atoms with van der Waals surface area (Å²) in [6.07, 6.45) is 3.78. The zero-order valence-electron chi connectivity index (χ0n) is 13.5. The molecule has 22 heavy (non-hydrogen) atoms. The van der Waals surface area contributed by atoms with Gasteiger partial charge in [-0.15, -0.1) is 11.8 Å². The molecule has 0 bridgehead atoms. The molecule has 0 aliphatic heterocycles. The number of nitrogens with two attached hydrogens (primary N) is 1. The average molecular weight is 387 g/mol. The summed E-state index contributed by atoms with van der Waals surface area (Å²) >= 11 is 5.42. The van der Waals surface area contributed by atoms with Crippen LogP contribution in [-0.4, -0.2) is 24.7 Å². The summed E-state index contributed by atoms with van der Waals surface area (Å²) in [5.41, 5.74) is 5.63. The Labute approximate surface area is 146 Å². The van der Waals surface area contributed by atoms with Crippen LogP contribution in [-0.2, 0) is 4.79 Å². The van der Waals surface area contributed by atoms with Gasteiger partial charge in [-0.05, 0) is 58.6 Å². The van der Waals surface area contributed by atoms with Gasteiger partial charge in [-0.2, -0.15) is 0 Å². The third-order valence-electron chi connectivity index (χ3n) is 3.46. The molecule has 0 spiro atoms. The van der Waals surface area contributed by atoms with Crippen LogP contribution >= 0.6 is 27.7 Å². The van der Waals surface area contributed by atoms with Gasteiger partial charge in [0.1, 0.15) is 0 Å². The maximum absolute atomic E-state index is 11.7. The lowest BCUT2D eigenvalue weighted by Crippen LogP contribution is -2.38. The molecule has 0 aromatic heterocycles. The van der Waals surface area contributed by atoms with Gasteiger partial charge in [-0.3, -0.25) is 4.79 Å². The number of amides is 1. The number of halogens is 1. The zero-order valence-corrected chi connectivity index (χ0v) is 15.9. The number of thioether (sulfide) groups is 1. The van der Waals surface area contributed by atoms with Crippen molar-refractivity contribution in [2.75, 3.05) is 18.8 Å². The van der Waals surface area contributed by atoms with Gasteiger partial charge in [0.25, 0.3) is 0 Å². The Balaban J connectivity index is 2.06. The molecular weight excluding hydrogens is 360 g/mol. The van der Waals surface area contributed by atoms with E-state index >= 15 is 0 Å². The first-order valence-electron chi connectivity index (χ1n) is 7.79. The number of nitrogens with one attached hydrogen (secondary N) is 1. The Morgan fingerprint density at radius 3 is 2.68 bits per heavy atom. The molecule has 0 unspecified atom stereocenters. The smallest absolute Gasteiger partial charge is 0.220 e. The number of hydrogen-bond acceptors (Lipinski definition) is 3. The van der Waals surface area contributed by atoms with Gasteiger partial charge >= 0.3 is 0 Å². The second-order valence-electron chi connectivity index (χ2n) is 6.23. The second kappa shape index (κ2) is 10.3. The number of unbranched alkanes of at least 4 members (excludes halogenated alkanes) is 2. The summed E-state index contributed by atoms with van der Waals surface area (Å²) in [5.74, 6) is 1.23. The van der Waals surface area contributed by atoms with E-state index in [1.165, 1.54) is 4.90 Å². The minimum atomic E-state index is -0.0185. The summed E-state index contributed by atoms with van der Waals surface area (Å²) in [5, 5.41) is 2.97. The average Bonchev–Trinajstić information content (AvgIpc) is 2.50. The van der Waals surface area contributed by atoms with E-state index in [0.717, 1.165) is 29.5 Å². The molecule has 5 heteroatoms. The molecule has 0 saturated carbocycles. The minimum absolute atomic E-state index is 0.0185. The molecule has 124 valence electrons. The Morgan fingerprint density at radius 1 is 1.27 bits per heavy atom. The van der Waals surface area contributed by atoms with Crippen LogP contribution in [0.15, 0.2) is 33.6 Å². The van der Waals surface area contributed by atoms with Crippen molar-refractivity contribution in [3.8, 4) is 0 Å². The maximum Gasteiger partial charge on any atom is 0.220 e. The van der Waals surface area contributed by atoms with Crippen molar-refractivity contribution >= 4 is 33.6 Å². The third-order valence-corrected chi connectivity index (χ3v) is 5.57. The van der Waals surface area contributed by atoms with Gasteiger partial charge < -0.3 is 11.1 Å². The Bertz CT molecular complexity index is 466. The van der Waals surface area contributed by atoms with E-state index < -0.39 is 0 Å². The molecule has 0 radical (unpaired) electrons. The lowest BCUT2D eigenvalue weighted by Gasteiger charge is -2.22. The molecule has 0 fully saturated rings. The van der Waals surface area contributed by atoms with Crippen LogP contribution in [0, 0.1) is 5.41 Å². The molecule has 0 aliphatic rings. The fraction of sp³-hybridized carbons (Fsp3) is 0.588. The normalized spacial score (nSPS) is 11.5. The molecular formula is C17H27BrN2OS. The predicted octanol–water partition coefficient (Wildman–Crippen LogP) is 4.20. The van der Waals surface area contributed by atoms with Crippen LogP contribution in [0.3, 0.4) is 0 Å². The lowest BCUT2D eigenvalue weighted by atomic mass is 9.94. The molecule has 1 aromatic carbocycles. The molecule has 0 saturated heterocycles. The fourth-order valence-electron chi connectivity index (χ4n) is 1.81. The molecule has 1 aromatic rings. The van der Waals surface area contributed by atoms with Crippen LogP contribution in [0.25, 0.3) is 0 Å². The van der Waals surface area contributed by atoms with E-state index in [1.807, 2.05) is 17.8 Å². The number of benzene rings is 1. The van der Waals surface area contributed by atoms with Crippen molar-refractivity contribution in [1.82, 2.24) is 5.32 Å². The predicted molar refractivity (Wildman–Crippen MR) is 99.2 cm³/mol. The fourth-order valence-corrected chi connectivity index (χ4v) is 3.38. The topological polar surface area (TPSA) is 55.1 Å². The van der Waals surface area contributed by atoms with Crippen molar-refractivity contribution in [3.05, 3.63) is 28.7 Å². The third kappa shape index (κ3) is 8.20. The van der Waals surface area contributed by atoms with E-state index in [2.05, 4.69) is 53.3 Å². The maximum atomic E-state index is 11.7. The molecule has 1 amide bonds. The van der Waals surface area contributed by atoms with E-state index in [1.54, 1.807) is 0 Å². The van der Waals surface area contributed by atoms with Gasteiger partial charge in [0, 0.05) is 22.3 Å². The first-order chi connectivity index (χ1) is 10.4. The highest BCUT2D eigenvalue weighted by molar-refractivity contribution is 9.10. The van der Waals surface area contributed by atoms with Crippen molar-refractivity contribution in [1.29, 1.82) is 0 Å². The van der Waals surface area contributed by atoms with Crippen molar-refractivity contribution in [3.63, 3.8) is 0 Å². The van der Waals surface area contributed by atoms with Crippen LogP contribution in [0.2, 0.25) is 0 Å².